The van der Waals surface area contributed by atoms with E-state index in [4.69, 9.17) is 66.3 Å². The highest BCUT2D eigenvalue weighted by molar-refractivity contribution is 5.94. The van der Waals surface area contributed by atoms with E-state index in [0.717, 1.165) is 62.6 Å². The van der Waals surface area contributed by atoms with Gasteiger partial charge in [-0.15, -0.1) is 0 Å². The maximum Gasteiger partial charge on any atom is 0.419 e. The van der Waals surface area contributed by atoms with Gasteiger partial charge in [0.15, 0.2) is 0 Å². The zero-order chi connectivity index (χ0) is 97.9. The first kappa shape index (κ1) is 101. The van der Waals surface area contributed by atoms with E-state index in [2.05, 4.69) is 53.2 Å². The van der Waals surface area contributed by atoms with E-state index in [1.165, 1.54) is 0 Å². The molecule has 2 aliphatic heterocycles. The number of nitrogens with one attached hydrogen (secondary N) is 10. The molecule has 0 radical (unpaired) electrons. The molecule has 2 fully saturated rings. The zero-order valence-electron chi connectivity index (χ0n) is 75.7. The number of ether oxygens (including phenoxy) is 14. The van der Waals surface area contributed by atoms with Crippen molar-refractivity contribution in [1.29, 1.82) is 0 Å². The first-order chi connectivity index (χ1) is 67.3. The number of hydrogen-bond acceptors (Lipinski definition) is 27. The van der Waals surface area contributed by atoms with E-state index in [0.29, 0.717) is 115 Å². The lowest BCUT2D eigenvalue weighted by atomic mass is 10.0. The van der Waals surface area contributed by atoms with Crippen molar-refractivity contribution in [1.82, 2.24) is 0 Å². The van der Waals surface area contributed by atoms with Gasteiger partial charge in [0.25, 0.3) is 0 Å². The van der Waals surface area contributed by atoms with Gasteiger partial charge >= 0.3 is 78.8 Å². The molecule has 10 amide bonds. The van der Waals surface area contributed by atoms with E-state index < -0.39 is 91.0 Å². The van der Waals surface area contributed by atoms with Crippen LogP contribution >= 0.6 is 0 Å². The molecule has 38 heteroatoms. The van der Waals surface area contributed by atoms with Gasteiger partial charge in [-0.1, -0.05) is 121 Å². The molecule has 2 saturated heterocycles. The highest BCUT2D eigenvalue weighted by atomic mass is 16.6. The summed E-state index contributed by atoms with van der Waals surface area (Å²) >= 11 is 0. The second kappa shape index (κ2) is 52.9. The summed E-state index contributed by atoms with van der Waals surface area (Å²) in [5.74, 6) is -2.89. The Hall–Kier alpha value is -16.6. The van der Waals surface area contributed by atoms with Crippen LogP contribution in [0, 0.1) is 0 Å². The fourth-order valence-corrected chi connectivity index (χ4v) is 13.6. The number of hydrogen-bond donors (Lipinski definition) is 11. The summed E-state index contributed by atoms with van der Waals surface area (Å²) < 4.78 is 73.1. The third-order valence-corrected chi connectivity index (χ3v) is 20.4. The molecule has 0 spiro atoms. The van der Waals surface area contributed by atoms with Crippen molar-refractivity contribution in [2.24, 2.45) is 0 Å². The van der Waals surface area contributed by atoms with Gasteiger partial charge in [0, 0.05) is 69.7 Å². The van der Waals surface area contributed by atoms with Crippen molar-refractivity contribution in [3.05, 3.63) is 298 Å². The second-order valence-corrected chi connectivity index (χ2v) is 31.9. The fourth-order valence-electron chi connectivity index (χ4n) is 13.6. The molecule has 2 aliphatic rings. The molecular weight excluding hydrogens is 1800 g/mol. The number of unbranched alkanes of at least 4 members (excludes halogenated alkanes) is 2. The number of aliphatic carboxylic acids is 1. The van der Waals surface area contributed by atoms with Gasteiger partial charge in [0.05, 0.1) is 39.6 Å². The Morgan fingerprint density at radius 1 is 0.281 bits per heavy atom. The summed E-state index contributed by atoms with van der Waals surface area (Å²) in [7, 11) is 0. The summed E-state index contributed by atoms with van der Waals surface area (Å²) in [6.07, 6.45) is -4.74. The molecule has 0 saturated carbocycles. The van der Waals surface area contributed by atoms with Gasteiger partial charge in [-0.2, -0.15) is 0 Å². The lowest BCUT2D eigenvalue weighted by Crippen LogP contribution is -2.46. The van der Waals surface area contributed by atoms with Gasteiger partial charge in [-0.25, -0.2) is 52.7 Å². The number of carbonyl (C=O) groups is 13. The number of anilines is 10. The van der Waals surface area contributed by atoms with Crippen LogP contribution in [0.1, 0.15) is 101 Å². The average molecular weight is 1910 g/mol. The largest absolute Gasteiger partial charge is 0.478 e. The number of rotatable bonds is 47. The summed E-state index contributed by atoms with van der Waals surface area (Å²) in [5.41, 5.74) is 10.4. The minimum Gasteiger partial charge on any atom is -0.478 e. The Morgan fingerprint density at radius 3 is 0.784 bits per heavy atom. The highest BCUT2D eigenvalue weighted by Crippen LogP contribution is 2.27. The molecule has 3 atom stereocenters. The molecule has 139 heavy (non-hydrogen) atoms. The van der Waals surface area contributed by atoms with Gasteiger partial charge in [-0.05, 0) is 242 Å². The smallest absolute Gasteiger partial charge is 0.419 e. The average Bonchev–Trinajstić information content (AvgIpc) is 1.46. The highest BCUT2D eigenvalue weighted by Gasteiger charge is 2.40. The summed E-state index contributed by atoms with van der Waals surface area (Å²) in [5, 5.41) is 36.6. The van der Waals surface area contributed by atoms with Crippen molar-refractivity contribution in [2.75, 3.05) is 139 Å². The maximum absolute atomic E-state index is 13.1. The summed E-state index contributed by atoms with van der Waals surface area (Å²) in [4.78, 5) is 164. The Labute approximate surface area is 798 Å². The van der Waals surface area contributed by atoms with Crippen LogP contribution in [-0.4, -0.2) is 188 Å². The van der Waals surface area contributed by atoms with Gasteiger partial charge < -0.3 is 71.4 Å². The first-order valence-electron chi connectivity index (χ1n) is 44.4. The molecule has 3 unspecified atom stereocenters. The summed E-state index contributed by atoms with van der Waals surface area (Å²) in [6.45, 7) is 1.25. The van der Waals surface area contributed by atoms with Crippen LogP contribution in [0.5, 0.6) is 0 Å². The van der Waals surface area contributed by atoms with Crippen molar-refractivity contribution in [3.8, 4) is 0 Å². The van der Waals surface area contributed by atoms with E-state index in [9.17, 15) is 67.4 Å². The maximum atomic E-state index is 13.1. The van der Waals surface area contributed by atoms with E-state index in [-0.39, 0.29) is 104 Å². The van der Waals surface area contributed by atoms with Crippen molar-refractivity contribution >= 4 is 136 Å². The Bertz CT molecular complexity index is 5950. The molecule has 10 aromatic carbocycles. The molecule has 12 rings (SSSR count). The number of benzene rings is 10. The van der Waals surface area contributed by atoms with Gasteiger partial charge in [-0.3, -0.25) is 62.8 Å². The number of epoxide rings is 2. The normalized spacial score (nSPS) is 12.9. The number of carboxylic acid groups (broad SMARTS) is 1. The molecule has 0 aromatic heterocycles. The van der Waals surface area contributed by atoms with Crippen LogP contribution in [0.4, 0.5) is 105 Å². The minimum atomic E-state index is -2.29. The van der Waals surface area contributed by atoms with Crippen LogP contribution in [0.25, 0.3) is 0 Å². The van der Waals surface area contributed by atoms with E-state index in [1.54, 1.807) is 170 Å². The first-order valence-corrected chi connectivity index (χ1v) is 44.4. The van der Waals surface area contributed by atoms with Crippen LogP contribution in [0.15, 0.2) is 243 Å². The predicted octanol–water partition coefficient (Wildman–Crippen LogP) is 18.0. The number of carboxylic acids is 1. The Kier molecular flexibility index (Phi) is 38.6. The molecular formula is C101H104N10O28. The van der Waals surface area contributed by atoms with Crippen molar-refractivity contribution in [3.63, 3.8) is 0 Å². The molecule has 11 N–H and O–H groups in total. The molecule has 2 heterocycles. The monoisotopic (exact) mass is 1900 g/mol. The van der Waals surface area contributed by atoms with E-state index >= 15 is 0 Å². The number of esters is 2. The minimum absolute atomic E-state index is 0.00209. The Balaban J connectivity index is 0.447. The van der Waals surface area contributed by atoms with Crippen molar-refractivity contribution in [2.45, 2.75) is 95.4 Å². The van der Waals surface area contributed by atoms with Crippen LogP contribution in [0.3, 0.4) is 0 Å². The van der Waals surface area contributed by atoms with Crippen LogP contribution in [-0.2, 0) is 113 Å². The van der Waals surface area contributed by atoms with E-state index in [1.807, 2.05) is 72.8 Å². The zero-order valence-corrected chi connectivity index (χ0v) is 75.7. The molecule has 10 aromatic rings. The van der Waals surface area contributed by atoms with Crippen molar-refractivity contribution < 1.29 is 134 Å². The lowest BCUT2D eigenvalue weighted by Gasteiger charge is -2.24. The molecule has 726 valence electrons. The molecule has 0 bridgehead atoms. The van der Waals surface area contributed by atoms with Crippen LogP contribution < -0.4 is 53.2 Å². The number of carbonyl (C=O) groups excluding carboxylic acids is 12. The van der Waals surface area contributed by atoms with Gasteiger partial charge in [0.1, 0.15) is 58.5 Å². The SMILES string of the molecule is CC(COC(=O)Nc1cccc(Cc2cccc(NC(=O)OCCCCOC(=O)Nc3cccc(Cc4cccc(NC(=O)OCCOCCOC(=O)CCCCC(=O)OC(=O)Nc5cccc(Cc6cccc(NC(=O)OCCOC(=O)Nc7cccc(Cc8cccc(NC(=O)OCC9CO9)c8)c7)c6)c5)c4)c3)c2)c1)(OC(=O)Nc1cccc(Cc2cccc(NC(=O)OCC3CO3)c2)c1)C(=O)O. The third-order valence-electron chi connectivity index (χ3n) is 20.4. The second-order valence-electron chi connectivity index (χ2n) is 31.9. The third kappa shape index (κ3) is 38.0. The lowest BCUT2D eigenvalue weighted by molar-refractivity contribution is -0.160. The topological polar surface area (TPSA) is 498 Å². The Morgan fingerprint density at radius 2 is 0.511 bits per heavy atom. The number of amides is 10. The predicted molar refractivity (Wildman–Crippen MR) is 508 cm³/mol. The van der Waals surface area contributed by atoms with Gasteiger partial charge in [0.2, 0.25) is 5.60 Å². The molecule has 0 aliphatic carbocycles. The quantitative estimate of drug-likeness (QED) is 0.00555. The summed E-state index contributed by atoms with van der Waals surface area (Å²) in [6, 6.07) is 70.4. The molecule has 38 nitrogen and oxygen atoms in total. The van der Waals surface area contributed by atoms with Crippen LogP contribution in [0.2, 0.25) is 0 Å². The fraction of sp³-hybridized carbons (Fsp3) is 0.277. The standard InChI is InChI=1S/C101H104N10O28/c1-101(90(114)115,139-100(125)111-85-35-15-25-75(60-85)50-72-22-12-32-82(57-72)108-97(122)136-64-87-62-134-87)65-137-98(123)109-83-33-13-23-73(58-83)48-67-17-7-27-77(52-67)103-92(117)129-39-5-4-38-128-91(116)102-76-26-6-16-66(51-76)46-68-18-8-28-78(53-68)104-93(118)130-43-41-126-40-42-127-88(112)36-2-3-37-89(113)138-99(124)110-84-34-14-24-74(59-84)49-70-20-10-30-80(55-70)106-95(120)132-45-44-131-94(119)105-79-29-9-19-69(54-79)47-71-21-11-31-81(56-71)107-96(121)135-63-86-61-133-86/h6-35,51-60,86-87H,2-5,36-50,61-65H2,1H3,(H,102,116)(H,103,117)(H,104,118)(H,105,119)(H,106,120)(H,107,121)(H,108,122)(H,109,123)(H,110,124)(H,111,125)(H,114,115).